The third-order valence-corrected chi connectivity index (χ3v) is 0.796. The second-order valence-corrected chi connectivity index (χ2v) is 1.33. The van der Waals surface area contributed by atoms with Crippen LogP contribution < -0.4 is 4.72 Å². The highest BCUT2D eigenvalue weighted by Gasteiger charge is 1.77. The van der Waals surface area contributed by atoms with Crippen LogP contribution in [0.3, 0.4) is 0 Å². The Kier molecular flexibility index (Phi) is 2.68. The first-order valence-electron chi connectivity index (χ1n) is 0.867. The van der Waals surface area contributed by atoms with E-state index in [2.05, 4.69) is 28.7 Å². The fourth-order valence-corrected chi connectivity index (χ4v) is 0. The molecule has 1 N–H and O–H groups in total. The number of carbonyl (C=O) groups is 1. The smallest absolute Gasteiger partial charge is 0.293 e. The Morgan fingerprint density at radius 2 is 2.20 bits per heavy atom. The molecule has 30 valence electrons. The number of hydrogen-bond donors (Lipinski definition) is 2. The Balaban J connectivity index is 2.85. The standard InChI is InChI=1S/CH2BrNOS/c2-1(4)3-5/h5H,(H,3,4). The molecule has 0 unspecified atom stereocenters. The fraction of sp³-hybridized carbons (Fsp3) is 0. The van der Waals surface area contributed by atoms with Crippen LogP contribution in [0.2, 0.25) is 0 Å². The Morgan fingerprint density at radius 3 is 2.20 bits per heavy atom. The van der Waals surface area contributed by atoms with Crippen LogP contribution in [-0.4, -0.2) is 4.82 Å². The van der Waals surface area contributed by atoms with Gasteiger partial charge in [0.1, 0.15) is 0 Å². The normalized spacial score (nSPS) is 6.80. The molecule has 0 radical (unpaired) electrons. The van der Waals surface area contributed by atoms with Gasteiger partial charge in [-0.2, -0.15) is 0 Å². The lowest BCUT2D eigenvalue weighted by molar-refractivity contribution is 0.266. The predicted octanol–water partition coefficient (Wildman–Crippen LogP) is 0.936. The van der Waals surface area contributed by atoms with E-state index in [9.17, 15) is 4.79 Å². The summed E-state index contributed by atoms with van der Waals surface area (Å²) in [4.78, 5) is 9.22. The van der Waals surface area contributed by atoms with Crippen molar-refractivity contribution in [3.05, 3.63) is 0 Å². The number of thiol groups is 1. The summed E-state index contributed by atoms with van der Waals surface area (Å²) in [5.41, 5.74) is 0. The van der Waals surface area contributed by atoms with Crippen LogP contribution in [0.1, 0.15) is 0 Å². The van der Waals surface area contributed by atoms with Crippen LogP contribution in [0.25, 0.3) is 0 Å². The molecule has 0 rings (SSSR count). The fourth-order valence-electron chi connectivity index (χ4n) is 0. The van der Waals surface area contributed by atoms with Crippen LogP contribution in [0, 0.1) is 0 Å². The van der Waals surface area contributed by atoms with E-state index < -0.39 is 0 Å². The van der Waals surface area contributed by atoms with Crippen molar-refractivity contribution >= 4 is 33.6 Å². The highest BCUT2D eigenvalue weighted by Crippen LogP contribution is 1.79. The topological polar surface area (TPSA) is 29.1 Å². The van der Waals surface area contributed by atoms with E-state index in [0.717, 1.165) is 0 Å². The summed E-state index contributed by atoms with van der Waals surface area (Å²) >= 11 is 5.92. The van der Waals surface area contributed by atoms with Crippen molar-refractivity contribution in [2.45, 2.75) is 0 Å². The van der Waals surface area contributed by atoms with Gasteiger partial charge in [-0.25, -0.2) is 0 Å². The summed E-state index contributed by atoms with van der Waals surface area (Å²) in [6, 6.07) is 0. The Morgan fingerprint density at radius 1 is 2.00 bits per heavy atom. The molecular weight excluding hydrogens is 154 g/mol. The van der Waals surface area contributed by atoms with Crippen molar-refractivity contribution in [2.24, 2.45) is 0 Å². The second-order valence-electron chi connectivity index (χ2n) is 0.386. The summed E-state index contributed by atoms with van der Waals surface area (Å²) in [6.07, 6.45) is 0. The Labute approximate surface area is 43.6 Å². The molecule has 0 saturated heterocycles. The molecule has 0 aliphatic heterocycles. The largest absolute Gasteiger partial charge is 0.296 e. The number of hydrogen-bond acceptors (Lipinski definition) is 2. The van der Waals surface area contributed by atoms with Crippen molar-refractivity contribution < 1.29 is 4.79 Å². The molecule has 0 bridgehead atoms. The van der Waals surface area contributed by atoms with Gasteiger partial charge in [0.15, 0.2) is 0 Å². The number of carbonyl (C=O) groups excluding carboxylic acids is 1. The number of amides is 1. The average Bonchev–Trinajstić information content (AvgIpc) is 1.38. The molecule has 4 heteroatoms. The first-order valence-corrected chi connectivity index (χ1v) is 2.11. The van der Waals surface area contributed by atoms with Gasteiger partial charge < -0.3 is 0 Å². The summed E-state index contributed by atoms with van der Waals surface area (Å²) in [6.45, 7) is 0. The molecule has 1 amide bonds. The maximum absolute atomic E-state index is 9.54. The minimum atomic E-state index is -0.319. The van der Waals surface area contributed by atoms with Crippen LogP contribution in [-0.2, 0) is 0 Å². The average molecular weight is 156 g/mol. The summed E-state index contributed by atoms with van der Waals surface area (Å²) in [7, 11) is 0. The minimum absolute atomic E-state index is 0.319. The number of nitrogens with one attached hydrogen (secondary N) is 1. The lowest BCUT2D eigenvalue weighted by Gasteiger charge is -1.75. The SMILES string of the molecule is O=C(Br)NS. The zero-order chi connectivity index (χ0) is 4.28. The van der Waals surface area contributed by atoms with Gasteiger partial charge in [-0.05, 0) is 0 Å². The van der Waals surface area contributed by atoms with Crippen molar-refractivity contribution in [2.75, 3.05) is 0 Å². The molecule has 0 fully saturated rings. The molecule has 0 aromatic carbocycles. The monoisotopic (exact) mass is 155 g/mol. The first kappa shape index (κ1) is 5.30. The maximum atomic E-state index is 9.54. The van der Waals surface area contributed by atoms with E-state index >= 15 is 0 Å². The van der Waals surface area contributed by atoms with Crippen molar-refractivity contribution in [3.8, 4) is 0 Å². The zero-order valence-electron chi connectivity index (χ0n) is 2.23. The maximum Gasteiger partial charge on any atom is 0.296 e. The third kappa shape index (κ3) is 4.30. The van der Waals surface area contributed by atoms with E-state index in [4.69, 9.17) is 0 Å². The van der Waals surface area contributed by atoms with Gasteiger partial charge in [0, 0.05) is 15.9 Å². The van der Waals surface area contributed by atoms with Gasteiger partial charge in [0.2, 0.25) is 0 Å². The van der Waals surface area contributed by atoms with Crippen molar-refractivity contribution in [1.29, 1.82) is 0 Å². The number of halogens is 1. The second kappa shape index (κ2) is 2.53. The summed E-state index contributed by atoms with van der Waals surface area (Å²) in [5.74, 6) is 0. The van der Waals surface area contributed by atoms with Gasteiger partial charge in [-0.3, -0.25) is 9.52 Å². The molecule has 0 spiro atoms. The van der Waals surface area contributed by atoms with Gasteiger partial charge in [-0.15, -0.1) is 0 Å². The highest BCUT2D eigenvalue weighted by atomic mass is 79.9. The molecule has 0 aromatic heterocycles. The van der Waals surface area contributed by atoms with Crippen LogP contribution in [0.5, 0.6) is 0 Å². The zero-order valence-corrected chi connectivity index (χ0v) is 4.71. The van der Waals surface area contributed by atoms with E-state index in [0.29, 0.717) is 0 Å². The molecule has 0 heterocycles. The lowest BCUT2D eigenvalue weighted by Crippen LogP contribution is -1.97. The first-order chi connectivity index (χ1) is 2.27. The Bertz CT molecular complexity index is 46.9. The van der Waals surface area contributed by atoms with E-state index in [1.165, 1.54) is 0 Å². The molecule has 2 nitrogen and oxygen atoms in total. The van der Waals surface area contributed by atoms with E-state index in [1.54, 1.807) is 0 Å². The molecule has 0 aromatic rings. The minimum Gasteiger partial charge on any atom is -0.293 e. The van der Waals surface area contributed by atoms with Gasteiger partial charge >= 0.3 is 0 Å². The number of rotatable bonds is 0. The molecule has 0 atom stereocenters. The highest BCUT2D eigenvalue weighted by molar-refractivity contribution is 9.18. The van der Waals surface area contributed by atoms with Crippen molar-refractivity contribution in [1.82, 2.24) is 4.72 Å². The summed E-state index contributed by atoms with van der Waals surface area (Å²) in [5, 5.41) is 0. The molecular formula is CH2BrNOS. The van der Waals surface area contributed by atoms with Crippen molar-refractivity contribution in [3.63, 3.8) is 0 Å². The molecule has 0 aliphatic rings. The Hall–Kier alpha value is 0.300. The molecule has 5 heavy (non-hydrogen) atoms. The molecule has 0 aliphatic carbocycles. The van der Waals surface area contributed by atoms with E-state index in [-0.39, 0.29) is 4.82 Å². The van der Waals surface area contributed by atoms with Gasteiger partial charge in [0.25, 0.3) is 4.82 Å². The third-order valence-electron chi connectivity index (χ3n) is 0.0879. The van der Waals surface area contributed by atoms with Crippen LogP contribution >= 0.6 is 28.7 Å². The predicted molar refractivity (Wildman–Crippen MR) is 26.4 cm³/mol. The summed E-state index contributed by atoms with van der Waals surface area (Å²) < 4.78 is 2.00. The quantitative estimate of drug-likeness (QED) is 0.305. The van der Waals surface area contributed by atoms with Crippen LogP contribution in [0.4, 0.5) is 4.79 Å². The van der Waals surface area contributed by atoms with Gasteiger partial charge in [0.05, 0.1) is 0 Å². The molecule has 0 saturated carbocycles. The van der Waals surface area contributed by atoms with Crippen LogP contribution in [0.15, 0.2) is 0 Å². The van der Waals surface area contributed by atoms with Gasteiger partial charge in [-0.1, -0.05) is 12.8 Å². The van der Waals surface area contributed by atoms with E-state index in [1.807, 2.05) is 4.72 Å². The lowest BCUT2D eigenvalue weighted by atomic mass is 11.5.